The van der Waals surface area contributed by atoms with Crippen LogP contribution in [0.15, 0.2) is 24.3 Å². The number of hydrogen-bond acceptors (Lipinski definition) is 3. The van der Waals surface area contributed by atoms with Crippen molar-refractivity contribution in [1.82, 2.24) is 4.90 Å². The topological polar surface area (TPSA) is 66.5 Å². The van der Waals surface area contributed by atoms with Gasteiger partial charge in [0.05, 0.1) is 17.5 Å². The number of likely N-dealkylation sites (tertiary alicyclic amines) is 1. The van der Waals surface area contributed by atoms with Gasteiger partial charge in [0, 0.05) is 13.0 Å². The fraction of sp³-hybridized carbons (Fsp3) is 0.471. The first-order valence-corrected chi connectivity index (χ1v) is 7.97. The van der Waals surface area contributed by atoms with Crippen molar-refractivity contribution < 1.29 is 18.8 Å². The molecule has 3 rings (SSSR count). The fourth-order valence-corrected chi connectivity index (χ4v) is 3.44. The van der Waals surface area contributed by atoms with Crippen LogP contribution in [0.25, 0.3) is 0 Å². The van der Waals surface area contributed by atoms with E-state index >= 15 is 0 Å². The highest BCUT2D eigenvalue weighted by Gasteiger charge is 2.47. The Bertz CT molecular complexity index is 622. The van der Waals surface area contributed by atoms with E-state index in [4.69, 9.17) is 0 Å². The zero-order valence-corrected chi connectivity index (χ0v) is 12.8. The van der Waals surface area contributed by atoms with Crippen LogP contribution in [-0.4, -0.2) is 29.2 Å². The van der Waals surface area contributed by atoms with E-state index in [-0.39, 0.29) is 42.3 Å². The van der Waals surface area contributed by atoms with Crippen LogP contribution < -0.4 is 5.32 Å². The SMILES string of the molecule is O=C(CCN1C(=O)C2CCCCC2C1=O)Nc1ccccc1F. The van der Waals surface area contributed by atoms with Crippen LogP contribution in [0.1, 0.15) is 32.1 Å². The van der Waals surface area contributed by atoms with Gasteiger partial charge in [-0.1, -0.05) is 25.0 Å². The normalized spacial score (nSPS) is 23.8. The number of fused-ring (bicyclic) bond motifs is 1. The fourth-order valence-electron chi connectivity index (χ4n) is 3.44. The number of nitrogens with one attached hydrogen (secondary N) is 1. The van der Waals surface area contributed by atoms with Crippen LogP contribution >= 0.6 is 0 Å². The maximum atomic E-state index is 13.5. The average molecular weight is 318 g/mol. The van der Waals surface area contributed by atoms with Crippen molar-refractivity contribution >= 4 is 23.4 Å². The Kier molecular flexibility index (Phi) is 4.41. The third-order valence-electron chi connectivity index (χ3n) is 4.64. The average Bonchev–Trinajstić information content (AvgIpc) is 2.80. The Morgan fingerprint density at radius 2 is 1.74 bits per heavy atom. The minimum atomic E-state index is -0.514. The molecular weight excluding hydrogens is 299 g/mol. The Labute approximate surface area is 133 Å². The smallest absolute Gasteiger partial charge is 0.233 e. The maximum absolute atomic E-state index is 13.5. The van der Waals surface area contributed by atoms with Gasteiger partial charge in [-0.15, -0.1) is 0 Å². The van der Waals surface area contributed by atoms with E-state index in [1.807, 2.05) is 0 Å². The molecule has 1 saturated heterocycles. The lowest BCUT2D eigenvalue weighted by atomic mass is 9.81. The number of anilines is 1. The van der Waals surface area contributed by atoms with E-state index < -0.39 is 11.7 Å². The minimum absolute atomic E-state index is 0.0226. The lowest BCUT2D eigenvalue weighted by Crippen LogP contribution is -2.34. The summed E-state index contributed by atoms with van der Waals surface area (Å²) in [4.78, 5) is 37.7. The van der Waals surface area contributed by atoms with Gasteiger partial charge in [-0.2, -0.15) is 0 Å². The highest BCUT2D eigenvalue weighted by molar-refractivity contribution is 6.05. The maximum Gasteiger partial charge on any atom is 0.233 e. The van der Waals surface area contributed by atoms with Crippen LogP contribution in [0, 0.1) is 17.7 Å². The standard InChI is InChI=1S/C17H19FN2O3/c18-13-7-3-4-8-14(13)19-15(21)9-10-20-16(22)11-5-1-2-6-12(11)17(20)23/h3-4,7-8,11-12H,1-2,5-6,9-10H2,(H,19,21). The van der Waals surface area contributed by atoms with Crippen molar-refractivity contribution in [2.24, 2.45) is 11.8 Å². The number of para-hydroxylation sites is 1. The van der Waals surface area contributed by atoms with Gasteiger partial charge < -0.3 is 5.32 Å². The van der Waals surface area contributed by atoms with E-state index in [2.05, 4.69) is 5.32 Å². The van der Waals surface area contributed by atoms with Crippen molar-refractivity contribution in [2.45, 2.75) is 32.1 Å². The van der Waals surface area contributed by atoms with E-state index in [0.717, 1.165) is 25.7 Å². The number of nitrogens with zero attached hydrogens (tertiary/aromatic N) is 1. The van der Waals surface area contributed by atoms with Crippen LogP contribution in [0.5, 0.6) is 0 Å². The number of hydrogen-bond donors (Lipinski definition) is 1. The van der Waals surface area contributed by atoms with Crippen LogP contribution in [0.3, 0.4) is 0 Å². The van der Waals surface area contributed by atoms with Gasteiger partial charge >= 0.3 is 0 Å². The predicted octanol–water partition coefficient (Wildman–Crippen LogP) is 2.33. The molecule has 2 aliphatic rings. The van der Waals surface area contributed by atoms with E-state index in [9.17, 15) is 18.8 Å². The summed E-state index contributed by atoms with van der Waals surface area (Å²) < 4.78 is 13.5. The number of carbonyl (C=O) groups is 3. The molecule has 1 heterocycles. The molecule has 5 nitrogen and oxygen atoms in total. The molecule has 0 spiro atoms. The molecule has 1 aromatic rings. The summed E-state index contributed by atoms with van der Waals surface area (Å²) in [5.41, 5.74) is 0.102. The molecule has 2 atom stereocenters. The number of amides is 3. The molecule has 6 heteroatoms. The van der Waals surface area contributed by atoms with Gasteiger partial charge in [0.25, 0.3) is 0 Å². The summed E-state index contributed by atoms with van der Waals surface area (Å²) >= 11 is 0. The Morgan fingerprint density at radius 1 is 1.13 bits per heavy atom. The molecule has 1 aliphatic heterocycles. The highest BCUT2D eigenvalue weighted by atomic mass is 19.1. The number of imide groups is 1. The summed E-state index contributed by atoms with van der Waals surface area (Å²) in [7, 11) is 0. The van der Waals surface area contributed by atoms with Gasteiger partial charge in [-0.3, -0.25) is 19.3 Å². The van der Waals surface area contributed by atoms with Crippen LogP contribution in [0.2, 0.25) is 0 Å². The van der Waals surface area contributed by atoms with Crippen LogP contribution in [-0.2, 0) is 14.4 Å². The second-order valence-electron chi connectivity index (χ2n) is 6.10. The quantitative estimate of drug-likeness (QED) is 0.867. The van der Waals surface area contributed by atoms with Gasteiger partial charge in [0.15, 0.2) is 0 Å². The van der Waals surface area contributed by atoms with Gasteiger partial charge in [0.2, 0.25) is 17.7 Å². The third kappa shape index (κ3) is 3.11. The molecule has 1 aromatic carbocycles. The summed E-state index contributed by atoms with van der Waals surface area (Å²) in [6.45, 7) is 0.0605. The summed E-state index contributed by atoms with van der Waals surface area (Å²) in [6, 6.07) is 5.88. The van der Waals surface area contributed by atoms with Crippen molar-refractivity contribution in [2.75, 3.05) is 11.9 Å². The largest absolute Gasteiger partial charge is 0.324 e. The number of benzene rings is 1. The van der Waals surface area contributed by atoms with E-state index in [0.29, 0.717) is 0 Å². The lowest BCUT2D eigenvalue weighted by Gasteiger charge is -2.19. The van der Waals surface area contributed by atoms with E-state index in [1.54, 1.807) is 6.07 Å². The van der Waals surface area contributed by atoms with Gasteiger partial charge in [0.1, 0.15) is 5.82 Å². The molecule has 2 unspecified atom stereocenters. The minimum Gasteiger partial charge on any atom is -0.324 e. The molecular formula is C17H19FN2O3. The van der Waals surface area contributed by atoms with Crippen LogP contribution in [0.4, 0.5) is 10.1 Å². The second kappa shape index (κ2) is 6.48. The Morgan fingerprint density at radius 3 is 2.35 bits per heavy atom. The molecule has 122 valence electrons. The van der Waals surface area contributed by atoms with E-state index in [1.165, 1.54) is 23.1 Å². The molecule has 1 saturated carbocycles. The Balaban J connectivity index is 1.58. The van der Waals surface area contributed by atoms with Gasteiger partial charge in [-0.25, -0.2) is 4.39 Å². The number of carbonyl (C=O) groups excluding carboxylic acids is 3. The zero-order valence-electron chi connectivity index (χ0n) is 12.8. The summed E-state index contributed by atoms with van der Waals surface area (Å²) in [5, 5.41) is 2.46. The number of rotatable bonds is 4. The van der Waals surface area contributed by atoms with Crippen molar-refractivity contribution in [1.29, 1.82) is 0 Å². The van der Waals surface area contributed by atoms with Crippen molar-refractivity contribution in [3.8, 4) is 0 Å². The first-order valence-electron chi connectivity index (χ1n) is 7.97. The molecule has 0 aromatic heterocycles. The molecule has 3 amide bonds. The zero-order chi connectivity index (χ0) is 16.4. The van der Waals surface area contributed by atoms with Crippen molar-refractivity contribution in [3.05, 3.63) is 30.1 Å². The summed E-state index contributed by atoms with van der Waals surface area (Å²) in [6.07, 6.45) is 3.44. The molecule has 2 fully saturated rings. The molecule has 0 radical (unpaired) electrons. The molecule has 1 aliphatic carbocycles. The Hall–Kier alpha value is -2.24. The first-order chi connectivity index (χ1) is 11.1. The monoisotopic (exact) mass is 318 g/mol. The first kappa shape index (κ1) is 15.6. The van der Waals surface area contributed by atoms with Gasteiger partial charge in [-0.05, 0) is 25.0 Å². The lowest BCUT2D eigenvalue weighted by molar-refractivity contribution is -0.140. The third-order valence-corrected chi connectivity index (χ3v) is 4.64. The number of halogens is 1. The van der Waals surface area contributed by atoms with Crippen molar-refractivity contribution in [3.63, 3.8) is 0 Å². The molecule has 1 N–H and O–H groups in total. The molecule has 0 bridgehead atoms. The second-order valence-corrected chi connectivity index (χ2v) is 6.10. The summed E-state index contributed by atoms with van der Waals surface area (Å²) in [5.74, 6) is -1.64. The molecule has 23 heavy (non-hydrogen) atoms. The highest BCUT2D eigenvalue weighted by Crippen LogP contribution is 2.37. The predicted molar refractivity (Wildman–Crippen MR) is 81.8 cm³/mol.